The van der Waals surface area contributed by atoms with E-state index in [4.69, 9.17) is 23.2 Å². The van der Waals surface area contributed by atoms with Crippen LogP contribution in [0.3, 0.4) is 0 Å². The van der Waals surface area contributed by atoms with Crippen molar-refractivity contribution in [3.05, 3.63) is 63.6 Å². The topological polar surface area (TPSA) is 40.5 Å². The monoisotopic (exact) mass is 268 g/mol. The van der Waals surface area contributed by atoms with Gasteiger partial charge in [-0.05, 0) is 17.7 Å². The van der Waals surface area contributed by atoms with E-state index in [-0.39, 0.29) is 10.8 Å². The summed E-state index contributed by atoms with van der Waals surface area (Å²) in [6.45, 7) is 0. The molecule has 2 aromatic rings. The first-order chi connectivity index (χ1) is 8.09. The van der Waals surface area contributed by atoms with Crippen LogP contribution in [-0.4, -0.2) is 10.2 Å². The summed E-state index contributed by atoms with van der Waals surface area (Å²) in [5, 5.41) is 20.4. The fraction of sp³-hybridized carbons (Fsp3) is 0.0769. The Morgan fingerprint density at radius 3 is 2.29 bits per heavy atom. The Bertz CT molecular complexity index is 526. The molecule has 0 saturated carbocycles. The molecule has 88 valence electrons. The number of benzene rings is 2. The smallest absolute Gasteiger partial charge is 0.140 e. The minimum absolute atomic E-state index is 0.127. The second kappa shape index (κ2) is 4.96. The van der Waals surface area contributed by atoms with Crippen molar-refractivity contribution in [1.82, 2.24) is 0 Å². The highest BCUT2D eigenvalue weighted by Gasteiger charge is 2.17. The van der Waals surface area contributed by atoms with E-state index in [1.807, 2.05) is 18.2 Å². The van der Waals surface area contributed by atoms with Gasteiger partial charge in [-0.2, -0.15) is 0 Å². The molecule has 0 aromatic heterocycles. The van der Waals surface area contributed by atoms with E-state index in [2.05, 4.69) is 0 Å². The molecule has 0 aliphatic heterocycles. The molecule has 1 unspecified atom stereocenters. The van der Waals surface area contributed by atoms with Crippen LogP contribution in [0.25, 0.3) is 0 Å². The average Bonchev–Trinajstić information content (AvgIpc) is 2.34. The summed E-state index contributed by atoms with van der Waals surface area (Å²) >= 11 is 11.7. The number of hydrogen-bond donors (Lipinski definition) is 2. The van der Waals surface area contributed by atoms with Gasteiger partial charge in [0, 0.05) is 10.6 Å². The highest BCUT2D eigenvalue weighted by molar-refractivity contribution is 6.35. The quantitative estimate of drug-likeness (QED) is 0.870. The molecule has 1 atom stereocenters. The van der Waals surface area contributed by atoms with Gasteiger partial charge in [0.15, 0.2) is 0 Å². The van der Waals surface area contributed by atoms with Crippen LogP contribution in [0.5, 0.6) is 5.75 Å². The first-order valence-electron chi connectivity index (χ1n) is 5.00. The van der Waals surface area contributed by atoms with Crippen molar-refractivity contribution in [3.8, 4) is 5.75 Å². The number of phenolic OH excluding ortho intramolecular Hbond substituents is 1. The molecule has 0 bridgehead atoms. The standard InChI is InChI=1S/C13H10Cl2O2/c14-9-6-10(13(17)11(15)7-9)12(16)8-4-2-1-3-5-8/h1-7,12,16-17H. The molecule has 0 saturated heterocycles. The van der Waals surface area contributed by atoms with Crippen LogP contribution >= 0.6 is 23.2 Å². The summed E-state index contributed by atoms with van der Waals surface area (Å²) in [7, 11) is 0. The lowest BCUT2D eigenvalue weighted by atomic mass is 10.0. The third-order valence-corrected chi connectivity index (χ3v) is 2.97. The van der Waals surface area contributed by atoms with Crippen molar-refractivity contribution in [3.63, 3.8) is 0 Å². The molecule has 0 amide bonds. The van der Waals surface area contributed by atoms with Gasteiger partial charge in [-0.25, -0.2) is 0 Å². The van der Waals surface area contributed by atoms with Gasteiger partial charge in [0.25, 0.3) is 0 Å². The maximum absolute atomic E-state index is 10.1. The predicted molar refractivity (Wildman–Crippen MR) is 68.6 cm³/mol. The summed E-state index contributed by atoms with van der Waals surface area (Å²) in [5.41, 5.74) is 0.967. The number of aromatic hydroxyl groups is 1. The SMILES string of the molecule is Oc1c(Cl)cc(Cl)cc1C(O)c1ccccc1. The molecule has 0 aliphatic carbocycles. The zero-order valence-corrected chi connectivity index (χ0v) is 10.3. The molecular formula is C13H10Cl2O2. The summed E-state index contributed by atoms with van der Waals surface area (Å²) in [6.07, 6.45) is -0.951. The van der Waals surface area contributed by atoms with Gasteiger partial charge in [-0.3, -0.25) is 0 Å². The molecule has 0 heterocycles. The van der Waals surface area contributed by atoms with Crippen LogP contribution in [0.1, 0.15) is 17.2 Å². The highest BCUT2D eigenvalue weighted by Crippen LogP contribution is 2.37. The van der Waals surface area contributed by atoms with Crippen molar-refractivity contribution >= 4 is 23.2 Å². The number of aliphatic hydroxyl groups excluding tert-OH is 1. The van der Waals surface area contributed by atoms with E-state index in [0.29, 0.717) is 16.1 Å². The van der Waals surface area contributed by atoms with Gasteiger partial charge in [-0.1, -0.05) is 53.5 Å². The predicted octanol–water partition coefficient (Wildman–Crippen LogP) is 3.78. The van der Waals surface area contributed by atoms with Crippen molar-refractivity contribution < 1.29 is 10.2 Å². The van der Waals surface area contributed by atoms with Crippen LogP contribution < -0.4 is 0 Å². The zero-order valence-electron chi connectivity index (χ0n) is 8.77. The maximum atomic E-state index is 10.1. The summed E-state index contributed by atoms with van der Waals surface area (Å²) in [4.78, 5) is 0. The van der Waals surface area contributed by atoms with Gasteiger partial charge in [-0.15, -0.1) is 0 Å². The van der Waals surface area contributed by atoms with E-state index < -0.39 is 6.10 Å². The Labute approximate surface area is 109 Å². The largest absolute Gasteiger partial charge is 0.506 e. The van der Waals surface area contributed by atoms with Gasteiger partial charge in [0.1, 0.15) is 11.9 Å². The summed E-state index contributed by atoms with van der Waals surface area (Å²) in [6, 6.07) is 11.9. The Morgan fingerprint density at radius 2 is 1.65 bits per heavy atom. The fourth-order valence-electron chi connectivity index (χ4n) is 1.61. The first-order valence-corrected chi connectivity index (χ1v) is 5.76. The molecule has 2 nitrogen and oxygen atoms in total. The van der Waals surface area contributed by atoms with Crippen LogP contribution in [-0.2, 0) is 0 Å². The fourth-order valence-corrected chi connectivity index (χ4v) is 2.12. The molecule has 0 fully saturated rings. The van der Waals surface area contributed by atoms with E-state index in [1.165, 1.54) is 12.1 Å². The molecule has 0 aliphatic rings. The molecule has 0 radical (unpaired) electrons. The molecule has 2 aromatic carbocycles. The number of phenols is 1. The Balaban J connectivity index is 2.48. The average molecular weight is 269 g/mol. The minimum Gasteiger partial charge on any atom is -0.506 e. The van der Waals surface area contributed by atoms with E-state index in [9.17, 15) is 10.2 Å². The Kier molecular flexibility index (Phi) is 3.57. The van der Waals surface area contributed by atoms with Crippen LogP contribution in [0.15, 0.2) is 42.5 Å². The van der Waals surface area contributed by atoms with E-state index in [1.54, 1.807) is 12.1 Å². The molecule has 0 spiro atoms. The lowest BCUT2D eigenvalue weighted by Crippen LogP contribution is -2.00. The van der Waals surface area contributed by atoms with Crippen molar-refractivity contribution in [2.75, 3.05) is 0 Å². The molecular weight excluding hydrogens is 259 g/mol. The lowest BCUT2D eigenvalue weighted by Gasteiger charge is -2.14. The Hall–Kier alpha value is -1.22. The molecule has 2 N–H and O–H groups in total. The van der Waals surface area contributed by atoms with Crippen molar-refractivity contribution in [1.29, 1.82) is 0 Å². The number of rotatable bonds is 2. The van der Waals surface area contributed by atoms with Crippen LogP contribution in [0.2, 0.25) is 10.0 Å². The highest BCUT2D eigenvalue weighted by atomic mass is 35.5. The van der Waals surface area contributed by atoms with Crippen molar-refractivity contribution in [2.45, 2.75) is 6.10 Å². The van der Waals surface area contributed by atoms with Crippen LogP contribution in [0, 0.1) is 0 Å². The first kappa shape index (κ1) is 12.2. The molecule has 2 rings (SSSR count). The summed E-state index contributed by atoms with van der Waals surface area (Å²) < 4.78 is 0. The summed E-state index contributed by atoms with van der Waals surface area (Å²) in [5.74, 6) is -0.146. The van der Waals surface area contributed by atoms with Gasteiger partial charge in [0.05, 0.1) is 5.02 Å². The Morgan fingerprint density at radius 1 is 1.00 bits per heavy atom. The number of halogens is 2. The zero-order chi connectivity index (χ0) is 12.4. The third-order valence-electron chi connectivity index (χ3n) is 2.47. The maximum Gasteiger partial charge on any atom is 0.140 e. The minimum atomic E-state index is -0.951. The molecule has 17 heavy (non-hydrogen) atoms. The third kappa shape index (κ3) is 2.55. The van der Waals surface area contributed by atoms with E-state index in [0.717, 1.165) is 0 Å². The van der Waals surface area contributed by atoms with Gasteiger partial charge in [0.2, 0.25) is 0 Å². The van der Waals surface area contributed by atoms with Gasteiger partial charge < -0.3 is 10.2 Å². The number of hydrogen-bond acceptors (Lipinski definition) is 2. The van der Waals surface area contributed by atoms with Gasteiger partial charge >= 0.3 is 0 Å². The molecule has 4 heteroatoms. The lowest BCUT2D eigenvalue weighted by molar-refractivity contribution is 0.215. The normalized spacial score (nSPS) is 12.4. The van der Waals surface area contributed by atoms with Crippen LogP contribution in [0.4, 0.5) is 0 Å². The van der Waals surface area contributed by atoms with Crippen molar-refractivity contribution in [2.24, 2.45) is 0 Å². The second-order valence-corrected chi connectivity index (χ2v) is 4.48. The second-order valence-electron chi connectivity index (χ2n) is 3.64. The van der Waals surface area contributed by atoms with E-state index >= 15 is 0 Å². The number of aliphatic hydroxyl groups is 1.